The van der Waals surface area contributed by atoms with Crippen LogP contribution in [0.1, 0.15) is 25.8 Å². The Hall–Kier alpha value is -0.820. The highest BCUT2D eigenvalue weighted by molar-refractivity contribution is 5.13. The summed E-state index contributed by atoms with van der Waals surface area (Å²) in [5.41, 5.74) is 1.41. The molecule has 0 spiro atoms. The molecule has 13 heavy (non-hydrogen) atoms. The quantitative estimate of drug-likeness (QED) is 0.634. The molecule has 1 unspecified atom stereocenters. The van der Waals surface area contributed by atoms with E-state index in [9.17, 15) is 0 Å². The van der Waals surface area contributed by atoms with Crippen LogP contribution in [-0.2, 0) is 11.2 Å². The summed E-state index contributed by atoms with van der Waals surface area (Å²) in [6.45, 7) is 5.31. The zero-order chi connectivity index (χ0) is 9.52. The van der Waals surface area contributed by atoms with E-state index in [-0.39, 0.29) is 0 Å². The Labute approximate surface area is 80.7 Å². The van der Waals surface area contributed by atoms with E-state index in [1.807, 2.05) is 6.07 Å². The van der Waals surface area contributed by atoms with Crippen LogP contribution in [-0.4, -0.2) is 12.7 Å². The van der Waals surface area contributed by atoms with Crippen LogP contribution in [0.5, 0.6) is 0 Å². The smallest absolute Gasteiger partial charge is 0.0807 e. The Morgan fingerprint density at radius 3 is 2.08 bits per heavy atom. The van der Waals surface area contributed by atoms with Crippen LogP contribution in [0.15, 0.2) is 30.3 Å². The summed E-state index contributed by atoms with van der Waals surface area (Å²) in [6, 6.07) is 10.5. The van der Waals surface area contributed by atoms with Gasteiger partial charge in [0.1, 0.15) is 0 Å². The molecule has 1 aliphatic rings. The molecule has 0 N–H and O–H groups in total. The van der Waals surface area contributed by atoms with Crippen LogP contribution in [0, 0.1) is 0 Å². The zero-order valence-corrected chi connectivity index (χ0v) is 8.49. The van der Waals surface area contributed by atoms with Crippen molar-refractivity contribution >= 4 is 0 Å². The summed E-state index contributed by atoms with van der Waals surface area (Å²) in [4.78, 5) is 0. The number of rotatable bonds is 2. The van der Waals surface area contributed by atoms with Gasteiger partial charge in [-0.1, -0.05) is 44.2 Å². The number of hydrogen-bond acceptors (Lipinski definition) is 1. The molecule has 1 heterocycles. The standard InChI is InChI=1S/C8H10.C4H8O/c1-2-8-6-4-3-5-7-8;1-2-4-3-5-4/h3-7H,2H2,1H3;4H,2-3H2,1H3. The Bertz CT molecular complexity index is 214. The molecule has 0 amide bonds. The molecular formula is C12H18O. The van der Waals surface area contributed by atoms with Gasteiger partial charge in [0, 0.05) is 0 Å². The first-order valence-corrected chi connectivity index (χ1v) is 5.02. The van der Waals surface area contributed by atoms with Crippen molar-refractivity contribution in [3.05, 3.63) is 35.9 Å². The Morgan fingerprint density at radius 2 is 1.85 bits per heavy atom. The lowest BCUT2D eigenvalue weighted by molar-refractivity contribution is 0.403. The van der Waals surface area contributed by atoms with Gasteiger partial charge in [-0.2, -0.15) is 0 Å². The Balaban J connectivity index is 0.000000145. The second kappa shape index (κ2) is 5.76. The van der Waals surface area contributed by atoms with Crippen molar-refractivity contribution in [1.82, 2.24) is 0 Å². The van der Waals surface area contributed by atoms with Crippen molar-refractivity contribution in [2.24, 2.45) is 0 Å². The molecule has 1 aliphatic heterocycles. The van der Waals surface area contributed by atoms with Crippen molar-refractivity contribution in [2.75, 3.05) is 6.61 Å². The highest BCUT2D eigenvalue weighted by Gasteiger charge is 2.18. The van der Waals surface area contributed by atoms with Crippen molar-refractivity contribution in [3.8, 4) is 0 Å². The second-order valence-electron chi connectivity index (χ2n) is 3.20. The van der Waals surface area contributed by atoms with Crippen LogP contribution in [0.4, 0.5) is 0 Å². The summed E-state index contributed by atoms with van der Waals surface area (Å²) < 4.78 is 4.86. The van der Waals surface area contributed by atoms with Gasteiger partial charge in [0.05, 0.1) is 12.7 Å². The third-order valence-electron chi connectivity index (χ3n) is 2.11. The molecule has 0 saturated carbocycles. The van der Waals surface area contributed by atoms with Gasteiger partial charge in [-0.15, -0.1) is 0 Å². The number of hydrogen-bond donors (Lipinski definition) is 0. The summed E-state index contributed by atoms with van der Waals surface area (Å²) in [5, 5.41) is 0. The molecule has 1 saturated heterocycles. The van der Waals surface area contributed by atoms with Gasteiger partial charge in [-0.3, -0.25) is 0 Å². The Morgan fingerprint density at radius 1 is 1.23 bits per heavy atom. The fraction of sp³-hybridized carbons (Fsp3) is 0.500. The first-order chi connectivity index (χ1) is 6.36. The van der Waals surface area contributed by atoms with Crippen LogP contribution >= 0.6 is 0 Å². The van der Waals surface area contributed by atoms with Gasteiger partial charge in [-0.05, 0) is 18.4 Å². The molecule has 1 nitrogen and oxygen atoms in total. The van der Waals surface area contributed by atoms with E-state index in [0.29, 0.717) is 6.10 Å². The van der Waals surface area contributed by atoms with Gasteiger partial charge in [-0.25, -0.2) is 0 Å². The normalized spacial score (nSPS) is 18.8. The predicted molar refractivity (Wildman–Crippen MR) is 55.9 cm³/mol. The van der Waals surface area contributed by atoms with E-state index in [4.69, 9.17) is 4.74 Å². The maximum Gasteiger partial charge on any atom is 0.0807 e. The number of epoxide rings is 1. The third-order valence-corrected chi connectivity index (χ3v) is 2.11. The minimum Gasteiger partial charge on any atom is -0.373 e. The molecule has 1 heteroatoms. The molecular weight excluding hydrogens is 160 g/mol. The van der Waals surface area contributed by atoms with Crippen LogP contribution in [0.25, 0.3) is 0 Å². The van der Waals surface area contributed by atoms with E-state index in [1.54, 1.807) is 0 Å². The van der Waals surface area contributed by atoms with E-state index in [2.05, 4.69) is 38.1 Å². The Kier molecular flexibility index (Phi) is 4.55. The number of benzene rings is 1. The molecule has 0 aliphatic carbocycles. The second-order valence-corrected chi connectivity index (χ2v) is 3.20. The maximum atomic E-state index is 4.86. The minimum atomic E-state index is 0.634. The monoisotopic (exact) mass is 178 g/mol. The van der Waals surface area contributed by atoms with E-state index in [0.717, 1.165) is 13.0 Å². The van der Waals surface area contributed by atoms with Crippen molar-refractivity contribution < 1.29 is 4.74 Å². The van der Waals surface area contributed by atoms with Crippen LogP contribution in [0.3, 0.4) is 0 Å². The molecule has 1 atom stereocenters. The summed E-state index contributed by atoms with van der Waals surface area (Å²) in [6.07, 6.45) is 2.97. The largest absolute Gasteiger partial charge is 0.373 e. The van der Waals surface area contributed by atoms with Gasteiger partial charge >= 0.3 is 0 Å². The first kappa shape index (κ1) is 10.3. The highest BCUT2D eigenvalue weighted by Crippen LogP contribution is 2.10. The van der Waals surface area contributed by atoms with Crippen LogP contribution in [0.2, 0.25) is 0 Å². The first-order valence-electron chi connectivity index (χ1n) is 5.02. The van der Waals surface area contributed by atoms with Crippen molar-refractivity contribution in [2.45, 2.75) is 32.8 Å². The lowest BCUT2D eigenvalue weighted by Crippen LogP contribution is -1.73. The summed E-state index contributed by atoms with van der Waals surface area (Å²) in [5.74, 6) is 0. The lowest BCUT2D eigenvalue weighted by atomic mass is 10.2. The highest BCUT2D eigenvalue weighted by atomic mass is 16.6. The molecule has 0 aromatic heterocycles. The van der Waals surface area contributed by atoms with E-state index < -0.39 is 0 Å². The average molecular weight is 178 g/mol. The molecule has 1 aromatic rings. The third kappa shape index (κ3) is 4.69. The van der Waals surface area contributed by atoms with E-state index in [1.165, 1.54) is 12.0 Å². The summed E-state index contributed by atoms with van der Waals surface area (Å²) >= 11 is 0. The maximum absolute atomic E-state index is 4.86. The molecule has 0 radical (unpaired) electrons. The number of aryl methyl sites for hydroxylation is 1. The van der Waals surface area contributed by atoms with E-state index >= 15 is 0 Å². The van der Waals surface area contributed by atoms with Gasteiger partial charge in [0.25, 0.3) is 0 Å². The topological polar surface area (TPSA) is 12.5 Å². The summed E-state index contributed by atoms with van der Waals surface area (Å²) in [7, 11) is 0. The van der Waals surface area contributed by atoms with Gasteiger partial charge in [0.2, 0.25) is 0 Å². The number of ether oxygens (including phenoxy) is 1. The average Bonchev–Trinajstić information content (AvgIpc) is 3.03. The van der Waals surface area contributed by atoms with Crippen molar-refractivity contribution in [1.29, 1.82) is 0 Å². The predicted octanol–water partition coefficient (Wildman–Crippen LogP) is 3.04. The van der Waals surface area contributed by atoms with Crippen molar-refractivity contribution in [3.63, 3.8) is 0 Å². The minimum absolute atomic E-state index is 0.634. The zero-order valence-electron chi connectivity index (χ0n) is 8.49. The molecule has 2 rings (SSSR count). The fourth-order valence-corrected chi connectivity index (χ4v) is 1.02. The fourth-order valence-electron chi connectivity index (χ4n) is 1.02. The lowest BCUT2D eigenvalue weighted by Gasteiger charge is -1.89. The molecule has 0 bridgehead atoms. The van der Waals surface area contributed by atoms with Gasteiger partial charge < -0.3 is 4.74 Å². The van der Waals surface area contributed by atoms with Gasteiger partial charge in [0.15, 0.2) is 0 Å². The molecule has 72 valence electrons. The molecule has 1 aromatic carbocycles. The van der Waals surface area contributed by atoms with Crippen LogP contribution < -0.4 is 0 Å². The molecule has 1 fully saturated rings. The SMILES string of the molecule is CCC1CO1.CCc1ccccc1.